The maximum Gasteiger partial charge on any atom is 0.159 e. The van der Waals surface area contributed by atoms with Crippen molar-refractivity contribution in [2.75, 3.05) is 0 Å². The molecule has 80 valence electrons. The number of hydrogen-bond donors (Lipinski definition) is 0. The van der Waals surface area contributed by atoms with E-state index in [9.17, 15) is 4.79 Å². The number of unbranched alkanes of at least 4 members (excludes halogenated alkanes) is 4. The normalized spacial score (nSPS) is 16.9. The van der Waals surface area contributed by atoms with Crippen molar-refractivity contribution in [1.82, 2.24) is 0 Å². The lowest BCUT2D eigenvalue weighted by molar-refractivity contribution is -0.115. The van der Waals surface area contributed by atoms with Gasteiger partial charge in [0.15, 0.2) is 5.78 Å². The van der Waals surface area contributed by atoms with Crippen LogP contribution in [0.3, 0.4) is 0 Å². The van der Waals surface area contributed by atoms with E-state index in [1.807, 2.05) is 0 Å². The lowest BCUT2D eigenvalue weighted by Gasteiger charge is -2.02. The van der Waals surface area contributed by atoms with Crippen LogP contribution in [0.1, 0.15) is 65.2 Å². The fourth-order valence-electron chi connectivity index (χ4n) is 2.10. The number of allylic oxidation sites excluding steroid dienone is 2. The van der Waals surface area contributed by atoms with Gasteiger partial charge < -0.3 is 0 Å². The third-order valence-corrected chi connectivity index (χ3v) is 3.11. The zero-order valence-corrected chi connectivity index (χ0v) is 9.57. The van der Waals surface area contributed by atoms with Crippen molar-refractivity contribution in [3.8, 4) is 0 Å². The molecule has 0 atom stereocenters. The summed E-state index contributed by atoms with van der Waals surface area (Å²) in [5.41, 5.74) is 2.51. The lowest BCUT2D eigenvalue weighted by atomic mass is 10.0. The van der Waals surface area contributed by atoms with Gasteiger partial charge >= 0.3 is 0 Å². The van der Waals surface area contributed by atoms with Gasteiger partial charge in [-0.1, -0.05) is 38.2 Å². The summed E-state index contributed by atoms with van der Waals surface area (Å²) in [6.45, 7) is 4.35. The number of rotatable bonds is 6. The van der Waals surface area contributed by atoms with Gasteiger partial charge in [0.1, 0.15) is 0 Å². The molecule has 0 aromatic heterocycles. The first-order valence-corrected chi connectivity index (χ1v) is 5.97. The van der Waals surface area contributed by atoms with Crippen molar-refractivity contribution in [3.63, 3.8) is 0 Å². The first-order valence-electron chi connectivity index (χ1n) is 5.97. The molecule has 0 bridgehead atoms. The third-order valence-electron chi connectivity index (χ3n) is 3.11. The van der Waals surface area contributed by atoms with E-state index in [4.69, 9.17) is 0 Å². The van der Waals surface area contributed by atoms with Crippen molar-refractivity contribution in [2.45, 2.75) is 65.2 Å². The first-order chi connectivity index (χ1) is 6.75. The summed E-state index contributed by atoms with van der Waals surface area (Å²) in [5, 5.41) is 0. The van der Waals surface area contributed by atoms with Crippen LogP contribution in [0.25, 0.3) is 0 Å². The third kappa shape index (κ3) is 3.28. The van der Waals surface area contributed by atoms with Gasteiger partial charge in [-0.05, 0) is 31.8 Å². The van der Waals surface area contributed by atoms with E-state index in [0.717, 1.165) is 24.8 Å². The molecule has 0 aliphatic heterocycles. The topological polar surface area (TPSA) is 17.1 Å². The zero-order chi connectivity index (χ0) is 10.4. The molecule has 0 saturated carbocycles. The largest absolute Gasteiger partial charge is 0.295 e. The van der Waals surface area contributed by atoms with Crippen molar-refractivity contribution >= 4 is 5.78 Å². The molecule has 0 spiro atoms. The fourth-order valence-corrected chi connectivity index (χ4v) is 2.10. The van der Waals surface area contributed by atoms with Crippen molar-refractivity contribution in [3.05, 3.63) is 11.1 Å². The van der Waals surface area contributed by atoms with E-state index < -0.39 is 0 Å². The lowest BCUT2D eigenvalue weighted by Crippen LogP contribution is -1.96. The van der Waals surface area contributed by atoms with Gasteiger partial charge in [-0.2, -0.15) is 0 Å². The second kappa shape index (κ2) is 6.00. The molecule has 14 heavy (non-hydrogen) atoms. The molecule has 1 nitrogen and oxygen atoms in total. The molecule has 0 fully saturated rings. The number of Topliss-reactive ketones (excluding diaryl/α,β-unsaturated/α-hetero) is 1. The Labute approximate surface area is 87.6 Å². The number of carbonyl (C=O) groups is 1. The summed E-state index contributed by atoms with van der Waals surface area (Å²) < 4.78 is 0. The van der Waals surface area contributed by atoms with Crippen LogP contribution in [-0.2, 0) is 4.79 Å². The molecule has 1 heteroatoms. The van der Waals surface area contributed by atoms with Gasteiger partial charge in [-0.15, -0.1) is 0 Å². The summed E-state index contributed by atoms with van der Waals surface area (Å²) in [6.07, 6.45) is 9.29. The quantitative estimate of drug-likeness (QED) is 0.583. The predicted molar refractivity (Wildman–Crippen MR) is 60.3 cm³/mol. The predicted octanol–water partition coefficient (Wildman–Crippen LogP) is 4.03. The summed E-state index contributed by atoms with van der Waals surface area (Å²) in [5.74, 6) is 0.415. The minimum Gasteiger partial charge on any atom is -0.295 e. The second-order valence-electron chi connectivity index (χ2n) is 4.35. The average molecular weight is 194 g/mol. The molecule has 0 aromatic rings. The molecule has 0 aromatic carbocycles. The van der Waals surface area contributed by atoms with E-state index >= 15 is 0 Å². The van der Waals surface area contributed by atoms with Crippen LogP contribution >= 0.6 is 0 Å². The summed E-state index contributed by atoms with van der Waals surface area (Å²) in [4.78, 5) is 11.4. The fraction of sp³-hybridized carbons (Fsp3) is 0.769. The van der Waals surface area contributed by atoms with E-state index in [1.165, 1.54) is 37.7 Å². The van der Waals surface area contributed by atoms with Gasteiger partial charge in [0.2, 0.25) is 0 Å². The van der Waals surface area contributed by atoms with Crippen molar-refractivity contribution < 1.29 is 4.79 Å². The minimum atomic E-state index is 0.415. The molecule has 0 radical (unpaired) electrons. The molecular weight excluding hydrogens is 172 g/mol. The van der Waals surface area contributed by atoms with Gasteiger partial charge in [0.05, 0.1) is 0 Å². The van der Waals surface area contributed by atoms with Gasteiger partial charge in [-0.3, -0.25) is 4.79 Å². The van der Waals surface area contributed by atoms with E-state index in [2.05, 4.69) is 13.8 Å². The van der Waals surface area contributed by atoms with E-state index in [0.29, 0.717) is 5.78 Å². The molecule has 0 amide bonds. The Bertz CT molecular complexity index is 225. The van der Waals surface area contributed by atoms with Gasteiger partial charge in [0.25, 0.3) is 0 Å². The second-order valence-corrected chi connectivity index (χ2v) is 4.35. The number of carbonyl (C=O) groups excluding carboxylic acids is 1. The van der Waals surface area contributed by atoms with Crippen LogP contribution in [0.15, 0.2) is 11.1 Å². The van der Waals surface area contributed by atoms with Crippen LogP contribution in [0, 0.1) is 0 Å². The van der Waals surface area contributed by atoms with Gasteiger partial charge in [-0.25, -0.2) is 0 Å². The summed E-state index contributed by atoms with van der Waals surface area (Å²) in [6, 6.07) is 0. The average Bonchev–Trinajstić information content (AvgIpc) is 2.48. The highest BCUT2D eigenvalue weighted by Crippen LogP contribution is 2.26. The van der Waals surface area contributed by atoms with Crippen LogP contribution in [0.2, 0.25) is 0 Å². The standard InChI is InChI=1S/C13H22O/c1-3-4-5-6-7-8-12-11(2)9-10-13(12)14/h3-10H2,1-2H3. The zero-order valence-electron chi connectivity index (χ0n) is 9.57. The molecular formula is C13H22O. The highest BCUT2D eigenvalue weighted by molar-refractivity contribution is 5.98. The highest BCUT2D eigenvalue weighted by atomic mass is 16.1. The van der Waals surface area contributed by atoms with Gasteiger partial charge in [0, 0.05) is 6.42 Å². The number of hydrogen-bond acceptors (Lipinski definition) is 1. The Kier molecular flexibility index (Phi) is 4.92. The SMILES string of the molecule is CCCCCCCC1=C(C)CCC1=O. The monoisotopic (exact) mass is 194 g/mol. The summed E-state index contributed by atoms with van der Waals surface area (Å²) >= 11 is 0. The minimum absolute atomic E-state index is 0.415. The van der Waals surface area contributed by atoms with E-state index in [1.54, 1.807) is 0 Å². The maximum absolute atomic E-state index is 11.4. The van der Waals surface area contributed by atoms with Crippen molar-refractivity contribution in [2.24, 2.45) is 0 Å². The van der Waals surface area contributed by atoms with Crippen LogP contribution in [0.5, 0.6) is 0 Å². The Balaban J connectivity index is 2.18. The smallest absolute Gasteiger partial charge is 0.159 e. The van der Waals surface area contributed by atoms with Crippen LogP contribution in [-0.4, -0.2) is 5.78 Å². The summed E-state index contributed by atoms with van der Waals surface area (Å²) in [7, 11) is 0. The molecule has 0 unspecified atom stereocenters. The van der Waals surface area contributed by atoms with Crippen LogP contribution < -0.4 is 0 Å². The van der Waals surface area contributed by atoms with E-state index in [-0.39, 0.29) is 0 Å². The Morgan fingerprint density at radius 2 is 1.79 bits per heavy atom. The highest BCUT2D eigenvalue weighted by Gasteiger charge is 2.18. The first kappa shape index (κ1) is 11.5. The molecule has 0 N–H and O–H groups in total. The molecule has 1 rings (SSSR count). The Hall–Kier alpha value is -0.590. The maximum atomic E-state index is 11.4. The van der Waals surface area contributed by atoms with Crippen molar-refractivity contribution in [1.29, 1.82) is 0 Å². The molecule has 0 saturated heterocycles. The van der Waals surface area contributed by atoms with Crippen LogP contribution in [0.4, 0.5) is 0 Å². The molecule has 1 aliphatic rings. The molecule has 1 aliphatic carbocycles. The Morgan fingerprint density at radius 1 is 1.07 bits per heavy atom. The molecule has 0 heterocycles. The Morgan fingerprint density at radius 3 is 2.36 bits per heavy atom. The number of ketones is 1.